The molecule has 33 heavy (non-hydrogen) atoms. The van der Waals surface area contributed by atoms with Gasteiger partial charge in [-0.15, -0.1) is 0 Å². The number of hydrazone groups is 1. The minimum absolute atomic E-state index is 0.108. The van der Waals surface area contributed by atoms with Crippen LogP contribution in [0.4, 0.5) is 29.2 Å². The summed E-state index contributed by atoms with van der Waals surface area (Å²) in [5.41, 5.74) is 4.73. The van der Waals surface area contributed by atoms with E-state index in [9.17, 15) is 10.2 Å². The van der Waals surface area contributed by atoms with Crippen LogP contribution in [0.2, 0.25) is 0 Å². The molecular formula is C22H17Br2N7O2. The van der Waals surface area contributed by atoms with Crippen molar-refractivity contribution in [3.05, 3.63) is 81.2 Å². The van der Waals surface area contributed by atoms with Crippen LogP contribution >= 0.6 is 31.9 Å². The van der Waals surface area contributed by atoms with E-state index in [1.807, 2.05) is 60.7 Å². The van der Waals surface area contributed by atoms with E-state index in [1.54, 1.807) is 0 Å². The van der Waals surface area contributed by atoms with Crippen LogP contribution in [-0.4, -0.2) is 31.4 Å². The predicted molar refractivity (Wildman–Crippen MR) is 136 cm³/mol. The van der Waals surface area contributed by atoms with Gasteiger partial charge in [0.05, 0.1) is 10.7 Å². The fraction of sp³-hybridized carbons (Fsp3) is 0. The molecule has 4 rings (SSSR count). The Kier molecular flexibility index (Phi) is 7.01. The second-order valence-corrected chi connectivity index (χ2v) is 8.26. The van der Waals surface area contributed by atoms with Crippen LogP contribution in [0, 0.1) is 0 Å². The maximum atomic E-state index is 10.2. The Bertz CT molecular complexity index is 1230. The quantitative estimate of drug-likeness (QED) is 0.140. The van der Waals surface area contributed by atoms with Gasteiger partial charge in [0.15, 0.2) is 0 Å². The van der Waals surface area contributed by atoms with E-state index < -0.39 is 0 Å². The Balaban J connectivity index is 1.60. The summed E-state index contributed by atoms with van der Waals surface area (Å²) in [7, 11) is 0. The molecule has 3 aromatic carbocycles. The summed E-state index contributed by atoms with van der Waals surface area (Å²) in [5, 5.41) is 30.5. The van der Waals surface area contributed by atoms with Crippen LogP contribution in [0.15, 0.2) is 80.8 Å². The number of phenolic OH excluding ortho intramolecular Hbond substituents is 2. The van der Waals surface area contributed by atoms with Gasteiger partial charge in [0.1, 0.15) is 16.0 Å². The number of nitrogens with one attached hydrogen (secondary N) is 3. The van der Waals surface area contributed by atoms with Crippen molar-refractivity contribution in [2.24, 2.45) is 5.10 Å². The maximum Gasteiger partial charge on any atom is 0.250 e. The van der Waals surface area contributed by atoms with Crippen LogP contribution in [0.3, 0.4) is 0 Å². The molecule has 0 spiro atoms. The highest BCUT2D eigenvalue weighted by Gasteiger charge is 2.13. The molecule has 0 unspecified atom stereocenters. The minimum Gasteiger partial charge on any atom is -0.506 e. The van der Waals surface area contributed by atoms with Crippen LogP contribution in [0.5, 0.6) is 11.5 Å². The van der Waals surface area contributed by atoms with Gasteiger partial charge >= 0.3 is 0 Å². The Labute approximate surface area is 205 Å². The minimum atomic E-state index is -0.158. The standard InChI is InChI=1S/C22H17Br2N7O2/c23-16-11-13(18(32)17(24)19(16)33)12-25-31-22-29-20(26-14-7-3-1-4-8-14)28-21(30-22)27-15-9-5-2-6-10-15/h1-12,32-33H,(H3,26,27,28,29,30,31). The third kappa shape index (κ3) is 5.76. The van der Waals surface area contributed by atoms with Crippen molar-refractivity contribution in [1.29, 1.82) is 0 Å². The number of hydrogen-bond acceptors (Lipinski definition) is 9. The zero-order chi connectivity index (χ0) is 23.2. The number of hydrogen-bond donors (Lipinski definition) is 5. The first-order chi connectivity index (χ1) is 16.0. The molecule has 5 N–H and O–H groups in total. The number of para-hydroxylation sites is 2. The first-order valence-corrected chi connectivity index (χ1v) is 11.2. The zero-order valence-corrected chi connectivity index (χ0v) is 20.0. The summed E-state index contributed by atoms with van der Waals surface area (Å²) >= 11 is 6.37. The van der Waals surface area contributed by atoms with Gasteiger partial charge in [-0.2, -0.15) is 20.1 Å². The lowest BCUT2D eigenvalue weighted by Gasteiger charge is -2.10. The summed E-state index contributed by atoms with van der Waals surface area (Å²) in [6.45, 7) is 0. The lowest BCUT2D eigenvalue weighted by molar-refractivity contribution is 0.442. The fourth-order valence-corrected chi connectivity index (χ4v) is 3.87. The van der Waals surface area contributed by atoms with Gasteiger partial charge in [-0.25, -0.2) is 5.43 Å². The Morgan fingerprint density at radius 1 is 0.727 bits per heavy atom. The van der Waals surface area contributed by atoms with Gasteiger partial charge < -0.3 is 20.8 Å². The molecule has 1 aromatic heterocycles. The van der Waals surface area contributed by atoms with Gasteiger partial charge in [-0.3, -0.25) is 0 Å². The molecule has 4 aromatic rings. The van der Waals surface area contributed by atoms with Gasteiger partial charge in [0.2, 0.25) is 17.8 Å². The molecule has 9 nitrogen and oxygen atoms in total. The van der Waals surface area contributed by atoms with Crippen molar-refractivity contribution < 1.29 is 10.2 Å². The number of aromatic hydroxyl groups is 2. The summed E-state index contributed by atoms with van der Waals surface area (Å²) in [5.74, 6) is 0.531. The van der Waals surface area contributed by atoms with E-state index >= 15 is 0 Å². The molecule has 166 valence electrons. The third-order valence-corrected chi connectivity index (χ3v) is 5.62. The van der Waals surface area contributed by atoms with Crippen molar-refractivity contribution in [2.75, 3.05) is 16.1 Å². The van der Waals surface area contributed by atoms with E-state index in [-0.39, 0.29) is 21.9 Å². The second kappa shape index (κ2) is 10.3. The van der Waals surface area contributed by atoms with E-state index in [0.717, 1.165) is 11.4 Å². The fourth-order valence-electron chi connectivity index (χ4n) is 2.71. The molecule has 0 bridgehead atoms. The molecule has 0 aliphatic heterocycles. The number of phenols is 2. The summed E-state index contributed by atoms with van der Waals surface area (Å²) < 4.78 is 0.555. The average molecular weight is 571 g/mol. The average Bonchev–Trinajstić information content (AvgIpc) is 2.82. The Hall–Kier alpha value is -3.70. The number of halogens is 2. The van der Waals surface area contributed by atoms with Crippen LogP contribution in [-0.2, 0) is 0 Å². The molecule has 1 heterocycles. The van der Waals surface area contributed by atoms with Crippen LogP contribution < -0.4 is 16.1 Å². The molecular weight excluding hydrogens is 554 g/mol. The van der Waals surface area contributed by atoms with Crippen LogP contribution in [0.25, 0.3) is 0 Å². The summed E-state index contributed by atoms with van der Waals surface area (Å²) in [6.07, 6.45) is 1.38. The van der Waals surface area contributed by atoms with E-state index in [2.05, 4.69) is 68.0 Å². The molecule has 11 heteroatoms. The number of aromatic nitrogens is 3. The van der Waals surface area contributed by atoms with Crippen molar-refractivity contribution in [2.45, 2.75) is 0 Å². The Morgan fingerprint density at radius 3 is 1.79 bits per heavy atom. The number of rotatable bonds is 7. The third-order valence-electron chi connectivity index (χ3n) is 4.26. The van der Waals surface area contributed by atoms with Gasteiger partial charge in [-0.1, -0.05) is 36.4 Å². The monoisotopic (exact) mass is 569 g/mol. The van der Waals surface area contributed by atoms with Gasteiger partial charge in [0.25, 0.3) is 0 Å². The highest BCUT2D eigenvalue weighted by atomic mass is 79.9. The van der Waals surface area contributed by atoms with Crippen molar-refractivity contribution in [3.63, 3.8) is 0 Å². The van der Waals surface area contributed by atoms with E-state index in [1.165, 1.54) is 12.3 Å². The lowest BCUT2D eigenvalue weighted by Crippen LogP contribution is -2.07. The lowest BCUT2D eigenvalue weighted by atomic mass is 10.2. The second-order valence-electron chi connectivity index (χ2n) is 6.62. The topological polar surface area (TPSA) is 128 Å². The zero-order valence-electron chi connectivity index (χ0n) is 16.9. The van der Waals surface area contributed by atoms with Crippen molar-refractivity contribution >= 4 is 67.3 Å². The molecule has 0 saturated carbocycles. The molecule has 0 fully saturated rings. The van der Waals surface area contributed by atoms with Crippen molar-refractivity contribution in [1.82, 2.24) is 15.0 Å². The smallest absolute Gasteiger partial charge is 0.250 e. The molecule has 0 amide bonds. The highest BCUT2D eigenvalue weighted by Crippen LogP contribution is 2.40. The largest absolute Gasteiger partial charge is 0.506 e. The van der Waals surface area contributed by atoms with E-state index in [4.69, 9.17) is 0 Å². The summed E-state index contributed by atoms with van der Waals surface area (Å²) in [4.78, 5) is 13.1. The maximum absolute atomic E-state index is 10.2. The molecule has 0 radical (unpaired) electrons. The van der Waals surface area contributed by atoms with Gasteiger partial charge in [-0.05, 0) is 62.2 Å². The van der Waals surface area contributed by atoms with E-state index in [0.29, 0.717) is 21.9 Å². The number of benzene rings is 3. The molecule has 0 atom stereocenters. The Morgan fingerprint density at radius 2 is 1.24 bits per heavy atom. The molecule has 0 aliphatic carbocycles. The first kappa shape index (κ1) is 22.5. The molecule has 0 saturated heterocycles. The SMILES string of the molecule is Oc1c(Br)cc(C=NNc2nc(Nc3ccccc3)nc(Nc3ccccc3)n2)c(O)c1Br. The van der Waals surface area contributed by atoms with Crippen LogP contribution in [0.1, 0.15) is 5.56 Å². The van der Waals surface area contributed by atoms with Crippen molar-refractivity contribution in [3.8, 4) is 11.5 Å². The number of nitrogens with zero attached hydrogens (tertiary/aromatic N) is 4. The molecule has 0 aliphatic rings. The van der Waals surface area contributed by atoms with Gasteiger partial charge in [0, 0.05) is 16.9 Å². The highest BCUT2D eigenvalue weighted by molar-refractivity contribution is 9.11. The first-order valence-electron chi connectivity index (χ1n) is 9.59. The summed E-state index contributed by atoms with van der Waals surface area (Å²) in [6, 6.07) is 20.5. The normalized spacial score (nSPS) is 10.8. The predicted octanol–water partition coefficient (Wildman–Crippen LogP) is 5.74. The number of anilines is 5.